The molecule has 6 nitrogen and oxygen atoms in total. The predicted octanol–water partition coefficient (Wildman–Crippen LogP) is 4.19. The quantitative estimate of drug-likeness (QED) is 0.444. The summed E-state index contributed by atoms with van der Waals surface area (Å²) in [6, 6.07) is 12.3. The van der Waals surface area contributed by atoms with Crippen LogP contribution in [0, 0.1) is 5.92 Å². The first-order valence-corrected chi connectivity index (χ1v) is 9.42. The van der Waals surface area contributed by atoms with Gasteiger partial charge in [-0.1, -0.05) is 38.1 Å². The summed E-state index contributed by atoms with van der Waals surface area (Å²) in [5, 5.41) is 4.17. The highest BCUT2D eigenvalue weighted by Gasteiger charge is 2.17. The van der Waals surface area contributed by atoms with Crippen molar-refractivity contribution in [1.29, 1.82) is 0 Å². The summed E-state index contributed by atoms with van der Waals surface area (Å²) in [5.41, 5.74) is 5.18. The highest BCUT2D eigenvalue weighted by Crippen LogP contribution is 2.32. The van der Waals surface area contributed by atoms with E-state index < -0.39 is 0 Å². The molecule has 0 aliphatic carbocycles. The number of ketones is 1. The smallest absolute Gasteiger partial charge is 0.271 e. The monoisotopic (exact) mass is 380 g/mol. The molecule has 2 aromatic rings. The molecule has 1 aliphatic heterocycles. The maximum absolute atomic E-state index is 12.4. The molecule has 146 valence electrons. The Labute approximate surface area is 164 Å². The molecule has 0 radical (unpaired) electrons. The Morgan fingerprint density at radius 3 is 2.25 bits per heavy atom. The fourth-order valence-electron chi connectivity index (χ4n) is 3.07. The summed E-state index contributed by atoms with van der Waals surface area (Å²) < 4.78 is 10.5. The van der Waals surface area contributed by atoms with Crippen LogP contribution in [0.25, 0.3) is 0 Å². The lowest BCUT2D eigenvalue weighted by Gasteiger charge is -2.11. The zero-order valence-corrected chi connectivity index (χ0v) is 16.3. The van der Waals surface area contributed by atoms with Gasteiger partial charge in [-0.05, 0) is 43.5 Å². The van der Waals surface area contributed by atoms with Crippen molar-refractivity contribution in [3.63, 3.8) is 0 Å². The van der Waals surface area contributed by atoms with Gasteiger partial charge in [0.2, 0.25) is 6.79 Å². The lowest BCUT2D eigenvalue weighted by molar-refractivity contribution is 0.0912. The second kappa shape index (κ2) is 8.69. The summed E-state index contributed by atoms with van der Waals surface area (Å²) >= 11 is 0. The van der Waals surface area contributed by atoms with E-state index in [1.807, 2.05) is 38.1 Å². The van der Waals surface area contributed by atoms with Crippen LogP contribution in [0.2, 0.25) is 0 Å². The lowest BCUT2D eigenvalue weighted by Crippen LogP contribution is -2.19. The van der Waals surface area contributed by atoms with E-state index in [-0.39, 0.29) is 24.4 Å². The van der Waals surface area contributed by atoms with Gasteiger partial charge in [0.05, 0.1) is 5.71 Å². The van der Waals surface area contributed by atoms with Crippen molar-refractivity contribution in [1.82, 2.24) is 5.43 Å². The first-order valence-electron chi connectivity index (χ1n) is 9.42. The van der Waals surface area contributed by atoms with Crippen LogP contribution >= 0.6 is 0 Å². The van der Waals surface area contributed by atoms with Gasteiger partial charge in [0.1, 0.15) is 0 Å². The fourth-order valence-corrected chi connectivity index (χ4v) is 3.07. The number of fused-ring (bicyclic) bond motifs is 1. The van der Waals surface area contributed by atoms with Crippen molar-refractivity contribution in [2.75, 3.05) is 6.79 Å². The van der Waals surface area contributed by atoms with Crippen molar-refractivity contribution >= 4 is 17.4 Å². The Hall–Kier alpha value is -3.15. The van der Waals surface area contributed by atoms with E-state index in [1.165, 1.54) is 0 Å². The molecule has 0 spiro atoms. The van der Waals surface area contributed by atoms with E-state index in [1.54, 1.807) is 25.1 Å². The molecule has 0 unspecified atom stereocenters. The third-order valence-electron chi connectivity index (χ3n) is 4.90. The van der Waals surface area contributed by atoms with Crippen molar-refractivity contribution in [2.24, 2.45) is 11.0 Å². The summed E-state index contributed by atoms with van der Waals surface area (Å²) in [7, 11) is 0. The van der Waals surface area contributed by atoms with E-state index >= 15 is 0 Å². The average Bonchev–Trinajstić information content (AvgIpc) is 3.20. The van der Waals surface area contributed by atoms with E-state index in [0.29, 0.717) is 28.3 Å². The van der Waals surface area contributed by atoms with Gasteiger partial charge < -0.3 is 9.47 Å². The molecule has 2 aromatic carbocycles. The molecule has 1 amide bonds. The molecule has 6 heteroatoms. The van der Waals surface area contributed by atoms with Crippen LogP contribution in [0.4, 0.5) is 0 Å². The minimum absolute atomic E-state index is 0.0570. The number of Topliss-reactive ketones (excluding diaryl/α,β-unsaturated/α-hetero) is 1. The van der Waals surface area contributed by atoms with Gasteiger partial charge in [0.25, 0.3) is 5.91 Å². The van der Waals surface area contributed by atoms with E-state index in [2.05, 4.69) is 10.5 Å². The minimum atomic E-state index is -0.335. The zero-order valence-electron chi connectivity index (χ0n) is 16.3. The second-order valence-electron chi connectivity index (χ2n) is 6.66. The molecule has 0 aromatic heterocycles. The molecule has 1 aliphatic rings. The number of carbonyl (C=O) groups excluding carboxylic acids is 2. The summed E-state index contributed by atoms with van der Waals surface area (Å²) in [4.78, 5) is 24.7. The Kier molecular flexibility index (Phi) is 6.09. The predicted molar refractivity (Wildman–Crippen MR) is 107 cm³/mol. The maximum Gasteiger partial charge on any atom is 0.271 e. The largest absolute Gasteiger partial charge is 0.454 e. The molecule has 1 N–H and O–H groups in total. The van der Waals surface area contributed by atoms with Gasteiger partial charge in [-0.2, -0.15) is 5.10 Å². The van der Waals surface area contributed by atoms with Crippen molar-refractivity contribution in [3.05, 3.63) is 59.2 Å². The summed E-state index contributed by atoms with van der Waals surface area (Å²) in [6.07, 6.45) is 1.67. The molecule has 1 heterocycles. The highest BCUT2D eigenvalue weighted by atomic mass is 16.7. The third kappa shape index (κ3) is 4.22. The van der Waals surface area contributed by atoms with Crippen LogP contribution < -0.4 is 14.9 Å². The molecule has 0 atom stereocenters. The zero-order chi connectivity index (χ0) is 20.1. The number of nitrogens with one attached hydrogen (secondary N) is 1. The minimum Gasteiger partial charge on any atom is -0.454 e. The van der Waals surface area contributed by atoms with E-state index in [4.69, 9.17) is 9.47 Å². The Morgan fingerprint density at radius 2 is 1.57 bits per heavy atom. The van der Waals surface area contributed by atoms with Gasteiger partial charge in [0, 0.05) is 17.0 Å². The number of nitrogens with zero attached hydrogens (tertiary/aromatic N) is 1. The molecular formula is C22H24N2O4. The first kappa shape index (κ1) is 19.6. The number of amides is 1. The van der Waals surface area contributed by atoms with Crippen LogP contribution in [0.3, 0.4) is 0 Å². The number of hydrogen-bond donors (Lipinski definition) is 1. The molecule has 0 bridgehead atoms. The van der Waals surface area contributed by atoms with Crippen LogP contribution in [0.5, 0.6) is 11.5 Å². The number of hydrogen-bond acceptors (Lipinski definition) is 5. The molecule has 0 saturated carbocycles. The fraction of sp³-hybridized carbons (Fsp3) is 0.318. The average molecular weight is 380 g/mol. The standard InChI is InChI=1S/C22H24N2O4/c1-4-15(5-2)21(25)17-8-6-16(7-9-17)14(3)23-24-22(26)18-10-11-19-20(12-18)28-13-27-19/h6-12,15H,4-5,13H2,1-3H3,(H,24,26)/b23-14+. The van der Waals surface area contributed by atoms with E-state index in [9.17, 15) is 9.59 Å². The van der Waals surface area contributed by atoms with Crippen molar-refractivity contribution in [2.45, 2.75) is 33.6 Å². The summed E-state index contributed by atoms with van der Waals surface area (Å²) in [6.45, 7) is 6.02. The van der Waals surface area contributed by atoms with Crippen LogP contribution in [0.1, 0.15) is 59.9 Å². The number of rotatable bonds is 7. The van der Waals surface area contributed by atoms with Crippen LogP contribution in [0.15, 0.2) is 47.6 Å². The molecule has 28 heavy (non-hydrogen) atoms. The Bertz CT molecular complexity index is 899. The van der Waals surface area contributed by atoms with Crippen LogP contribution in [-0.4, -0.2) is 24.2 Å². The topological polar surface area (TPSA) is 77.0 Å². The number of benzene rings is 2. The normalized spacial score (nSPS) is 12.9. The molecular weight excluding hydrogens is 356 g/mol. The SMILES string of the molecule is CCC(CC)C(=O)c1ccc(/C(C)=N/NC(=O)c2ccc3c(c2)OCO3)cc1. The Balaban J connectivity index is 1.66. The Morgan fingerprint density at radius 1 is 0.964 bits per heavy atom. The van der Waals surface area contributed by atoms with Gasteiger partial charge in [-0.3, -0.25) is 9.59 Å². The highest BCUT2D eigenvalue weighted by molar-refractivity contribution is 6.02. The number of ether oxygens (including phenoxy) is 2. The molecule has 0 fully saturated rings. The van der Waals surface area contributed by atoms with Gasteiger partial charge >= 0.3 is 0 Å². The molecule has 0 saturated heterocycles. The third-order valence-corrected chi connectivity index (χ3v) is 4.90. The van der Waals surface area contributed by atoms with E-state index in [0.717, 1.165) is 18.4 Å². The van der Waals surface area contributed by atoms with Gasteiger partial charge in [-0.25, -0.2) is 5.43 Å². The number of carbonyl (C=O) groups is 2. The second-order valence-corrected chi connectivity index (χ2v) is 6.66. The number of hydrazone groups is 1. The summed E-state index contributed by atoms with van der Waals surface area (Å²) in [5.74, 6) is 1.06. The molecule has 3 rings (SSSR count). The van der Waals surface area contributed by atoms with Crippen molar-refractivity contribution < 1.29 is 19.1 Å². The maximum atomic E-state index is 12.4. The van der Waals surface area contributed by atoms with Gasteiger partial charge in [0.15, 0.2) is 17.3 Å². The van der Waals surface area contributed by atoms with Crippen molar-refractivity contribution in [3.8, 4) is 11.5 Å². The first-order chi connectivity index (χ1) is 13.5. The van der Waals surface area contributed by atoms with Gasteiger partial charge in [-0.15, -0.1) is 0 Å². The lowest BCUT2D eigenvalue weighted by atomic mass is 9.92. The van der Waals surface area contributed by atoms with Crippen LogP contribution in [-0.2, 0) is 0 Å².